The molecule has 0 saturated heterocycles. The van der Waals surface area contributed by atoms with E-state index in [0.29, 0.717) is 5.82 Å². The number of nitrogens with two attached hydrogens (primary N) is 1. The number of aromatic nitrogens is 2. The van der Waals surface area contributed by atoms with Crippen LogP contribution in [0.5, 0.6) is 0 Å². The van der Waals surface area contributed by atoms with Gasteiger partial charge in [0.15, 0.2) is 0 Å². The molecule has 6 heteroatoms. The van der Waals surface area contributed by atoms with Crippen LogP contribution in [0.1, 0.15) is 11.1 Å². The highest BCUT2D eigenvalue weighted by Crippen LogP contribution is 2.26. The molecular formula is C12H14BrN5. The third kappa shape index (κ3) is 2.60. The minimum Gasteiger partial charge on any atom is -0.340 e. The van der Waals surface area contributed by atoms with Gasteiger partial charge in [0.2, 0.25) is 0 Å². The van der Waals surface area contributed by atoms with Gasteiger partial charge in [-0.05, 0) is 31.5 Å². The van der Waals surface area contributed by atoms with Gasteiger partial charge in [0.25, 0.3) is 0 Å². The van der Waals surface area contributed by atoms with Gasteiger partial charge in [0, 0.05) is 15.7 Å². The van der Waals surface area contributed by atoms with Gasteiger partial charge in [0.05, 0.1) is 0 Å². The smallest absolute Gasteiger partial charge is 0.148 e. The van der Waals surface area contributed by atoms with Crippen molar-refractivity contribution >= 4 is 33.3 Å². The second kappa shape index (κ2) is 5.32. The van der Waals surface area contributed by atoms with Crippen molar-refractivity contribution in [2.24, 2.45) is 5.84 Å². The maximum absolute atomic E-state index is 5.39. The SMILES string of the molecule is Cc1ccc(Br)cc1Nc1ncnc(NN)c1C. The van der Waals surface area contributed by atoms with Crippen LogP contribution in [0.25, 0.3) is 0 Å². The molecule has 0 spiro atoms. The van der Waals surface area contributed by atoms with Crippen LogP contribution in [0.15, 0.2) is 29.0 Å². The summed E-state index contributed by atoms with van der Waals surface area (Å²) in [6, 6.07) is 6.04. The first-order valence-electron chi connectivity index (χ1n) is 5.43. The van der Waals surface area contributed by atoms with Gasteiger partial charge in [-0.3, -0.25) is 0 Å². The summed E-state index contributed by atoms with van der Waals surface area (Å²) in [6.45, 7) is 3.94. The number of hydrazine groups is 1. The summed E-state index contributed by atoms with van der Waals surface area (Å²) >= 11 is 3.45. The lowest BCUT2D eigenvalue weighted by Crippen LogP contribution is -2.11. The van der Waals surface area contributed by atoms with Crippen molar-refractivity contribution in [1.29, 1.82) is 0 Å². The Morgan fingerprint density at radius 1 is 1.17 bits per heavy atom. The topological polar surface area (TPSA) is 75.9 Å². The molecule has 0 atom stereocenters. The number of aryl methyl sites for hydroxylation is 1. The number of hydrogen-bond donors (Lipinski definition) is 3. The fourth-order valence-corrected chi connectivity index (χ4v) is 1.94. The lowest BCUT2D eigenvalue weighted by atomic mass is 10.2. The highest BCUT2D eigenvalue weighted by Gasteiger charge is 2.07. The van der Waals surface area contributed by atoms with E-state index < -0.39 is 0 Å². The number of nitrogen functional groups attached to an aromatic ring is 1. The van der Waals surface area contributed by atoms with Crippen molar-refractivity contribution in [2.75, 3.05) is 10.7 Å². The average Bonchev–Trinajstić information content (AvgIpc) is 2.36. The zero-order valence-corrected chi connectivity index (χ0v) is 11.7. The van der Waals surface area contributed by atoms with E-state index in [4.69, 9.17) is 5.84 Å². The van der Waals surface area contributed by atoms with Crippen LogP contribution in [-0.4, -0.2) is 9.97 Å². The molecule has 1 heterocycles. The van der Waals surface area contributed by atoms with Gasteiger partial charge < -0.3 is 10.7 Å². The van der Waals surface area contributed by atoms with Crippen LogP contribution in [-0.2, 0) is 0 Å². The predicted molar refractivity (Wildman–Crippen MR) is 76.7 cm³/mol. The quantitative estimate of drug-likeness (QED) is 0.600. The van der Waals surface area contributed by atoms with E-state index in [1.807, 2.05) is 32.0 Å². The highest BCUT2D eigenvalue weighted by molar-refractivity contribution is 9.10. The molecule has 94 valence electrons. The molecule has 1 aromatic carbocycles. The molecule has 2 aromatic rings. The Balaban J connectivity index is 2.37. The Morgan fingerprint density at radius 3 is 2.61 bits per heavy atom. The lowest BCUT2D eigenvalue weighted by Gasteiger charge is -2.13. The summed E-state index contributed by atoms with van der Waals surface area (Å²) in [5.74, 6) is 6.74. The largest absolute Gasteiger partial charge is 0.340 e. The van der Waals surface area contributed by atoms with Crippen molar-refractivity contribution < 1.29 is 0 Å². The van der Waals surface area contributed by atoms with Crippen LogP contribution in [0.2, 0.25) is 0 Å². The number of nitrogens with zero attached hydrogens (tertiary/aromatic N) is 2. The summed E-state index contributed by atoms with van der Waals surface area (Å²) in [6.07, 6.45) is 1.47. The molecule has 1 aromatic heterocycles. The van der Waals surface area contributed by atoms with Crippen LogP contribution < -0.4 is 16.6 Å². The van der Waals surface area contributed by atoms with Crippen molar-refractivity contribution in [3.8, 4) is 0 Å². The first kappa shape index (κ1) is 12.8. The third-order valence-electron chi connectivity index (χ3n) is 2.67. The van der Waals surface area contributed by atoms with Crippen LogP contribution in [0, 0.1) is 13.8 Å². The van der Waals surface area contributed by atoms with Crippen LogP contribution >= 0.6 is 15.9 Å². The van der Waals surface area contributed by atoms with E-state index in [9.17, 15) is 0 Å². The van der Waals surface area contributed by atoms with E-state index in [2.05, 4.69) is 36.6 Å². The zero-order valence-electron chi connectivity index (χ0n) is 10.2. The van der Waals surface area contributed by atoms with Gasteiger partial charge in [-0.25, -0.2) is 15.8 Å². The molecule has 18 heavy (non-hydrogen) atoms. The highest BCUT2D eigenvalue weighted by atomic mass is 79.9. The first-order valence-corrected chi connectivity index (χ1v) is 6.22. The maximum atomic E-state index is 5.39. The molecule has 0 amide bonds. The molecule has 0 unspecified atom stereocenters. The summed E-state index contributed by atoms with van der Waals surface area (Å²) < 4.78 is 1.01. The average molecular weight is 308 g/mol. The summed E-state index contributed by atoms with van der Waals surface area (Å²) in [7, 11) is 0. The van der Waals surface area contributed by atoms with Crippen molar-refractivity contribution in [2.45, 2.75) is 13.8 Å². The van der Waals surface area contributed by atoms with E-state index in [-0.39, 0.29) is 0 Å². The molecule has 0 bridgehead atoms. The summed E-state index contributed by atoms with van der Waals surface area (Å²) in [5.41, 5.74) is 5.55. The van der Waals surface area contributed by atoms with Gasteiger partial charge in [-0.2, -0.15) is 0 Å². The number of hydrogen-bond acceptors (Lipinski definition) is 5. The van der Waals surface area contributed by atoms with E-state index >= 15 is 0 Å². The van der Waals surface area contributed by atoms with Gasteiger partial charge >= 0.3 is 0 Å². The summed E-state index contributed by atoms with van der Waals surface area (Å²) in [4.78, 5) is 8.26. The second-order valence-corrected chi connectivity index (χ2v) is 4.84. The normalized spacial score (nSPS) is 10.2. The Hall–Kier alpha value is -1.66. The Bertz CT molecular complexity index is 570. The Morgan fingerprint density at radius 2 is 1.89 bits per heavy atom. The minimum absolute atomic E-state index is 0.611. The van der Waals surface area contributed by atoms with Gasteiger partial charge in [-0.1, -0.05) is 22.0 Å². The number of benzene rings is 1. The van der Waals surface area contributed by atoms with Crippen molar-refractivity contribution in [3.63, 3.8) is 0 Å². The van der Waals surface area contributed by atoms with Gasteiger partial charge in [-0.15, -0.1) is 0 Å². The third-order valence-corrected chi connectivity index (χ3v) is 3.17. The number of halogens is 1. The minimum atomic E-state index is 0.611. The van der Waals surface area contributed by atoms with Crippen LogP contribution in [0.4, 0.5) is 17.3 Å². The monoisotopic (exact) mass is 307 g/mol. The molecule has 0 radical (unpaired) electrons. The van der Waals surface area contributed by atoms with E-state index in [1.165, 1.54) is 6.33 Å². The molecule has 0 aliphatic carbocycles. The van der Waals surface area contributed by atoms with Gasteiger partial charge in [0.1, 0.15) is 18.0 Å². The molecule has 4 N–H and O–H groups in total. The predicted octanol–water partition coefficient (Wildman–Crippen LogP) is 2.89. The first-order chi connectivity index (χ1) is 8.61. The van der Waals surface area contributed by atoms with Crippen molar-refractivity contribution in [1.82, 2.24) is 9.97 Å². The molecule has 0 fully saturated rings. The molecule has 2 rings (SSSR count). The molecule has 5 nitrogen and oxygen atoms in total. The standard InChI is InChI=1S/C12H14BrN5/c1-7-3-4-9(13)5-10(7)17-11-8(2)12(18-14)16-6-15-11/h3-6H,14H2,1-2H3,(H2,15,16,17,18). The fourth-order valence-electron chi connectivity index (χ4n) is 1.58. The number of anilines is 3. The Labute approximate surface area is 114 Å². The van der Waals surface area contributed by atoms with E-state index in [0.717, 1.165) is 27.1 Å². The Kier molecular flexibility index (Phi) is 3.78. The van der Waals surface area contributed by atoms with Crippen LogP contribution in [0.3, 0.4) is 0 Å². The maximum Gasteiger partial charge on any atom is 0.148 e. The molecule has 0 aliphatic heterocycles. The molecule has 0 aliphatic rings. The number of rotatable bonds is 3. The lowest BCUT2D eigenvalue weighted by molar-refractivity contribution is 1.10. The zero-order chi connectivity index (χ0) is 13.1. The molecular weight excluding hydrogens is 294 g/mol. The van der Waals surface area contributed by atoms with Crippen molar-refractivity contribution in [3.05, 3.63) is 40.1 Å². The number of nitrogens with one attached hydrogen (secondary N) is 2. The summed E-state index contributed by atoms with van der Waals surface area (Å²) in [5, 5.41) is 3.28. The fraction of sp³-hybridized carbons (Fsp3) is 0.167. The second-order valence-electron chi connectivity index (χ2n) is 3.92. The van der Waals surface area contributed by atoms with E-state index in [1.54, 1.807) is 0 Å². The molecule has 0 saturated carbocycles.